The predicted molar refractivity (Wildman–Crippen MR) is 79.9 cm³/mol. The van der Waals surface area contributed by atoms with Crippen molar-refractivity contribution >= 4 is 39.2 Å². The minimum atomic E-state index is 0.525. The summed E-state index contributed by atoms with van der Waals surface area (Å²) in [5.41, 5.74) is 2.97. The first kappa shape index (κ1) is 12.8. The third-order valence-electron chi connectivity index (χ3n) is 2.98. The molecule has 0 aliphatic carbocycles. The van der Waals surface area contributed by atoms with Crippen molar-refractivity contribution in [1.82, 2.24) is 15.3 Å². The highest BCUT2D eigenvalue weighted by Crippen LogP contribution is 2.23. The largest absolute Gasteiger partial charge is 0.324 e. The molecule has 0 fully saturated rings. The number of benzene rings is 1. The Labute approximate surface area is 124 Å². The fourth-order valence-electron chi connectivity index (χ4n) is 2.02. The van der Waals surface area contributed by atoms with Crippen molar-refractivity contribution in [3.8, 4) is 0 Å². The Kier molecular flexibility index (Phi) is 3.68. The van der Waals surface area contributed by atoms with Crippen LogP contribution in [0, 0.1) is 0 Å². The summed E-state index contributed by atoms with van der Waals surface area (Å²) in [6.07, 6.45) is 0.882. The van der Waals surface area contributed by atoms with Crippen LogP contribution in [0.1, 0.15) is 11.3 Å². The topological polar surface area (TPSA) is 49.8 Å². The Hall–Kier alpha value is -1.17. The molecule has 0 radical (unpaired) electrons. The third kappa shape index (κ3) is 2.88. The van der Waals surface area contributed by atoms with E-state index < -0.39 is 0 Å². The molecule has 1 aromatic heterocycles. The number of fused-ring (bicyclic) bond motifs is 1. The first-order valence-corrected chi connectivity index (χ1v) is 7.18. The molecule has 98 valence electrons. The lowest BCUT2D eigenvalue weighted by Gasteiger charge is -2.18. The summed E-state index contributed by atoms with van der Waals surface area (Å²) in [5.74, 6) is 0.549. The van der Waals surface area contributed by atoms with Gasteiger partial charge in [-0.15, -0.1) is 0 Å². The van der Waals surface area contributed by atoms with Crippen LogP contribution in [0.15, 0.2) is 28.7 Å². The Morgan fingerprint density at radius 1 is 1.21 bits per heavy atom. The molecule has 0 bridgehead atoms. The maximum atomic E-state index is 6.20. The molecule has 2 N–H and O–H groups in total. The lowest BCUT2D eigenvalue weighted by Crippen LogP contribution is -2.25. The van der Waals surface area contributed by atoms with Crippen molar-refractivity contribution in [2.75, 3.05) is 11.9 Å². The molecule has 6 heteroatoms. The maximum Gasteiger partial charge on any atom is 0.228 e. The standard InChI is InChI=1S/C13H12BrClN4/c14-8-1-3-9(4-2-8)17-13-18-11-5-6-16-7-10(11)12(15)19-13/h1-4,16H,5-7H2,(H,17,18,19). The molecule has 0 saturated heterocycles. The van der Waals surface area contributed by atoms with Crippen molar-refractivity contribution in [2.45, 2.75) is 13.0 Å². The van der Waals surface area contributed by atoms with Gasteiger partial charge in [-0.3, -0.25) is 0 Å². The molecule has 2 heterocycles. The van der Waals surface area contributed by atoms with Gasteiger partial charge in [0.05, 0.1) is 5.69 Å². The summed E-state index contributed by atoms with van der Waals surface area (Å²) in [6, 6.07) is 7.85. The van der Waals surface area contributed by atoms with Crippen LogP contribution >= 0.6 is 27.5 Å². The van der Waals surface area contributed by atoms with E-state index in [9.17, 15) is 0 Å². The van der Waals surface area contributed by atoms with Crippen molar-refractivity contribution in [3.63, 3.8) is 0 Å². The highest BCUT2D eigenvalue weighted by atomic mass is 79.9. The molecule has 0 amide bonds. The van der Waals surface area contributed by atoms with Gasteiger partial charge in [-0.1, -0.05) is 27.5 Å². The first-order valence-electron chi connectivity index (χ1n) is 6.01. The molecule has 2 aromatic rings. The van der Waals surface area contributed by atoms with E-state index in [1.165, 1.54) is 0 Å². The normalized spacial score (nSPS) is 14.0. The lowest BCUT2D eigenvalue weighted by molar-refractivity contribution is 0.627. The second-order valence-electron chi connectivity index (χ2n) is 4.32. The smallest absolute Gasteiger partial charge is 0.228 e. The van der Waals surface area contributed by atoms with Gasteiger partial charge in [0.15, 0.2) is 0 Å². The number of rotatable bonds is 2. The number of hydrogen-bond acceptors (Lipinski definition) is 4. The van der Waals surface area contributed by atoms with Gasteiger partial charge in [-0.05, 0) is 24.3 Å². The summed E-state index contributed by atoms with van der Waals surface area (Å²) >= 11 is 9.60. The van der Waals surface area contributed by atoms with Crippen molar-refractivity contribution in [2.24, 2.45) is 0 Å². The molecule has 0 unspecified atom stereocenters. The second-order valence-corrected chi connectivity index (χ2v) is 5.60. The van der Waals surface area contributed by atoms with E-state index in [1.54, 1.807) is 0 Å². The van der Waals surface area contributed by atoms with E-state index in [2.05, 4.69) is 36.5 Å². The molecule has 0 saturated carbocycles. The number of nitrogens with zero attached hydrogens (tertiary/aromatic N) is 2. The highest BCUT2D eigenvalue weighted by molar-refractivity contribution is 9.10. The van der Waals surface area contributed by atoms with E-state index in [0.29, 0.717) is 11.1 Å². The first-order chi connectivity index (χ1) is 9.22. The van der Waals surface area contributed by atoms with Crippen LogP contribution in [0.5, 0.6) is 0 Å². The summed E-state index contributed by atoms with van der Waals surface area (Å²) in [7, 11) is 0. The average Bonchev–Trinajstić information content (AvgIpc) is 2.42. The monoisotopic (exact) mass is 338 g/mol. The number of aromatic nitrogens is 2. The molecule has 4 nitrogen and oxygen atoms in total. The molecular weight excluding hydrogens is 328 g/mol. The zero-order valence-electron chi connectivity index (χ0n) is 10.1. The van der Waals surface area contributed by atoms with Gasteiger partial charge in [0.1, 0.15) is 5.15 Å². The minimum absolute atomic E-state index is 0.525. The van der Waals surface area contributed by atoms with Gasteiger partial charge in [0.25, 0.3) is 0 Å². The summed E-state index contributed by atoms with van der Waals surface area (Å²) in [4.78, 5) is 8.83. The molecule has 0 spiro atoms. The van der Waals surface area contributed by atoms with E-state index in [4.69, 9.17) is 11.6 Å². The predicted octanol–water partition coefficient (Wildman–Crippen LogP) is 3.28. The van der Waals surface area contributed by atoms with Gasteiger partial charge in [0, 0.05) is 35.2 Å². The SMILES string of the molecule is Clc1nc(Nc2ccc(Br)cc2)nc2c1CNCC2. The average molecular weight is 340 g/mol. The van der Waals surface area contributed by atoms with Crippen LogP contribution < -0.4 is 10.6 Å². The third-order valence-corrected chi connectivity index (χ3v) is 3.82. The van der Waals surface area contributed by atoms with Crippen LogP contribution in [0.2, 0.25) is 5.15 Å². The molecule has 3 rings (SSSR count). The van der Waals surface area contributed by atoms with E-state index in [0.717, 1.165) is 40.9 Å². The van der Waals surface area contributed by atoms with Gasteiger partial charge in [0.2, 0.25) is 5.95 Å². The quantitative estimate of drug-likeness (QED) is 0.825. The van der Waals surface area contributed by atoms with Crippen LogP contribution in [-0.2, 0) is 13.0 Å². The Morgan fingerprint density at radius 3 is 2.79 bits per heavy atom. The summed E-state index contributed by atoms with van der Waals surface area (Å²) < 4.78 is 1.04. The highest BCUT2D eigenvalue weighted by Gasteiger charge is 2.16. The summed E-state index contributed by atoms with van der Waals surface area (Å²) in [5, 5.41) is 6.97. The van der Waals surface area contributed by atoms with E-state index in [1.807, 2.05) is 24.3 Å². The van der Waals surface area contributed by atoms with Gasteiger partial charge < -0.3 is 10.6 Å². The second kappa shape index (κ2) is 5.45. The van der Waals surface area contributed by atoms with Gasteiger partial charge in [-0.2, -0.15) is 0 Å². The van der Waals surface area contributed by atoms with Crippen LogP contribution in [0.25, 0.3) is 0 Å². The molecule has 19 heavy (non-hydrogen) atoms. The molecule has 1 aliphatic heterocycles. The molecular formula is C13H12BrClN4. The number of hydrogen-bond donors (Lipinski definition) is 2. The van der Waals surface area contributed by atoms with Crippen LogP contribution in [0.3, 0.4) is 0 Å². The zero-order valence-corrected chi connectivity index (χ0v) is 12.4. The molecule has 0 atom stereocenters. The molecule has 1 aromatic carbocycles. The van der Waals surface area contributed by atoms with Crippen molar-refractivity contribution < 1.29 is 0 Å². The fraction of sp³-hybridized carbons (Fsp3) is 0.231. The molecule has 1 aliphatic rings. The number of anilines is 2. The maximum absolute atomic E-state index is 6.20. The number of nitrogens with one attached hydrogen (secondary N) is 2. The van der Waals surface area contributed by atoms with Crippen molar-refractivity contribution in [1.29, 1.82) is 0 Å². The lowest BCUT2D eigenvalue weighted by atomic mass is 10.1. The zero-order chi connectivity index (χ0) is 13.2. The van der Waals surface area contributed by atoms with Gasteiger partial charge >= 0.3 is 0 Å². The Morgan fingerprint density at radius 2 is 2.00 bits per heavy atom. The van der Waals surface area contributed by atoms with Crippen molar-refractivity contribution in [3.05, 3.63) is 45.1 Å². The van der Waals surface area contributed by atoms with E-state index >= 15 is 0 Å². The van der Waals surface area contributed by atoms with Crippen LogP contribution in [-0.4, -0.2) is 16.5 Å². The minimum Gasteiger partial charge on any atom is -0.324 e. The van der Waals surface area contributed by atoms with Crippen LogP contribution in [0.4, 0.5) is 11.6 Å². The number of halogens is 2. The van der Waals surface area contributed by atoms with Gasteiger partial charge in [-0.25, -0.2) is 9.97 Å². The summed E-state index contributed by atoms with van der Waals surface area (Å²) in [6.45, 7) is 1.67. The Balaban J connectivity index is 1.89. The van der Waals surface area contributed by atoms with E-state index in [-0.39, 0.29) is 0 Å². The Bertz CT molecular complexity index is 600. The fourth-order valence-corrected chi connectivity index (χ4v) is 2.54.